The molecule has 1 heterocycles. The van der Waals surface area contributed by atoms with Gasteiger partial charge in [-0.25, -0.2) is 0 Å². The summed E-state index contributed by atoms with van der Waals surface area (Å²) in [4.78, 5) is 11.7. The number of carbonyl (C=O) groups excluding carboxylic acids is 1. The van der Waals surface area contributed by atoms with E-state index in [1.54, 1.807) is 0 Å². The van der Waals surface area contributed by atoms with Gasteiger partial charge in [0.1, 0.15) is 0 Å². The summed E-state index contributed by atoms with van der Waals surface area (Å²) >= 11 is 0. The molecule has 0 unspecified atom stereocenters. The number of hydrogen-bond donors (Lipinski definition) is 1. The Labute approximate surface area is 103 Å². The van der Waals surface area contributed by atoms with E-state index in [4.69, 9.17) is 0 Å². The molecule has 100 valence electrons. The largest absolute Gasteiger partial charge is 0.356 e. The number of carbonyl (C=O) groups is 1. The molecule has 1 fully saturated rings. The van der Waals surface area contributed by atoms with Crippen molar-refractivity contribution in [3.63, 3.8) is 0 Å². The smallest absolute Gasteiger partial charge is 0.281 e. The first-order chi connectivity index (χ1) is 7.89. The van der Waals surface area contributed by atoms with Crippen LogP contribution in [0.25, 0.3) is 0 Å². The molecule has 1 rings (SSSR count). The predicted octanol–water partition coefficient (Wildman–Crippen LogP) is -0.359. The molecule has 1 aliphatic rings. The monoisotopic (exact) mass is 263 g/mol. The second kappa shape index (κ2) is 5.79. The molecule has 0 aromatic rings. The van der Waals surface area contributed by atoms with Gasteiger partial charge < -0.3 is 5.32 Å². The molecule has 0 aromatic heterocycles. The molecule has 0 saturated carbocycles. The van der Waals surface area contributed by atoms with Gasteiger partial charge in [0.05, 0.1) is 5.92 Å². The lowest BCUT2D eigenvalue weighted by molar-refractivity contribution is -0.125. The molecule has 6 nitrogen and oxygen atoms in total. The second-order valence-electron chi connectivity index (χ2n) is 4.38. The average Bonchev–Trinajstić information content (AvgIpc) is 2.29. The lowest BCUT2D eigenvalue weighted by atomic mass is 9.99. The van der Waals surface area contributed by atoms with Crippen LogP contribution in [0.5, 0.6) is 0 Å². The van der Waals surface area contributed by atoms with Crippen LogP contribution in [0.2, 0.25) is 0 Å². The predicted molar refractivity (Wildman–Crippen MR) is 65.6 cm³/mol. The van der Waals surface area contributed by atoms with E-state index in [0.717, 1.165) is 12.8 Å². The lowest BCUT2D eigenvalue weighted by Gasteiger charge is -2.32. The highest BCUT2D eigenvalue weighted by atomic mass is 32.2. The number of hydrogen-bond acceptors (Lipinski definition) is 3. The molecule has 17 heavy (non-hydrogen) atoms. The summed E-state index contributed by atoms with van der Waals surface area (Å²) < 4.78 is 26.4. The summed E-state index contributed by atoms with van der Waals surface area (Å²) in [5.74, 6) is -0.274. The molecular weight excluding hydrogens is 242 g/mol. The first-order valence-corrected chi connectivity index (χ1v) is 7.24. The van der Waals surface area contributed by atoms with E-state index in [-0.39, 0.29) is 18.4 Å². The van der Waals surface area contributed by atoms with Gasteiger partial charge in [0.2, 0.25) is 5.91 Å². The van der Waals surface area contributed by atoms with Gasteiger partial charge in [-0.1, -0.05) is 0 Å². The van der Waals surface area contributed by atoms with Gasteiger partial charge in [-0.3, -0.25) is 4.79 Å². The van der Waals surface area contributed by atoms with E-state index in [2.05, 4.69) is 5.32 Å². The molecule has 1 aliphatic heterocycles. The lowest BCUT2D eigenvalue weighted by Crippen LogP contribution is -2.48. The quantitative estimate of drug-likeness (QED) is 0.753. The average molecular weight is 263 g/mol. The molecule has 0 aromatic carbocycles. The molecule has 0 aliphatic carbocycles. The van der Waals surface area contributed by atoms with Gasteiger partial charge in [-0.2, -0.15) is 17.0 Å². The Morgan fingerprint density at radius 1 is 1.47 bits per heavy atom. The SMILES string of the molecule is CCNC(=O)[C@H]1CCCN(S(=O)(=O)N(C)C)C1. The van der Waals surface area contributed by atoms with Gasteiger partial charge in [-0.15, -0.1) is 0 Å². The van der Waals surface area contributed by atoms with Crippen LogP contribution < -0.4 is 5.32 Å². The Kier molecular flexibility index (Phi) is 4.91. The zero-order valence-corrected chi connectivity index (χ0v) is 11.5. The summed E-state index contributed by atoms with van der Waals surface area (Å²) in [5.41, 5.74) is 0. The van der Waals surface area contributed by atoms with E-state index >= 15 is 0 Å². The third kappa shape index (κ3) is 3.40. The van der Waals surface area contributed by atoms with Gasteiger partial charge in [0, 0.05) is 33.7 Å². The van der Waals surface area contributed by atoms with Crippen molar-refractivity contribution in [2.75, 3.05) is 33.7 Å². The molecule has 1 atom stereocenters. The Balaban J connectivity index is 2.70. The fraction of sp³-hybridized carbons (Fsp3) is 0.900. The minimum absolute atomic E-state index is 0.0499. The van der Waals surface area contributed by atoms with E-state index < -0.39 is 10.2 Å². The fourth-order valence-electron chi connectivity index (χ4n) is 1.92. The van der Waals surface area contributed by atoms with Crippen molar-refractivity contribution in [3.05, 3.63) is 0 Å². The standard InChI is InChI=1S/C10H21N3O3S/c1-4-11-10(14)9-6-5-7-13(8-9)17(15,16)12(2)3/h9H,4-8H2,1-3H3,(H,11,14)/t9-/m0/s1. The maximum atomic E-state index is 11.9. The van der Waals surface area contributed by atoms with Crippen molar-refractivity contribution >= 4 is 16.1 Å². The first-order valence-electron chi connectivity index (χ1n) is 5.85. The van der Waals surface area contributed by atoms with Crippen LogP contribution >= 0.6 is 0 Å². The highest BCUT2D eigenvalue weighted by molar-refractivity contribution is 7.86. The van der Waals surface area contributed by atoms with Crippen molar-refractivity contribution in [2.24, 2.45) is 5.92 Å². The molecule has 0 spiro atoms. The summed E-state index contributed by atoms with van der Waals surface area (Å²) in [6.07, 6.45) is 1.49. The highest BCUT2D eigenvalue weighted by Gasteiger charge is 2.33. The van der Waals surface area contributed by atoms with Crippen molar-refractivity contribution in [1.29, 1.82) is 0 Å². The number of nitrogens with zero attached hydrogens (tertiary/aromatic N) is 2. The van der Waals surface area contributed by atoms with E-state index in [1.807, 2.05) is 6.92 Å². The van der Waals surface area contributed by atoms with Gasteiger partial charge in [0.15, 0.2) is 0 Å². The normalized spacial score (nSPS) is 22.7. The Morgan fingerprint density at radius 2 is 2.12 bits per heavy atom. The first kappa shape index (κ1) is 14.4. The molecule has 1 saturated heterocycles. The van der Waals surface area contributed by atoms with Crippen molar-refractivity contribution in [2.45, 2.75) is 19.8 Å². The van der Waals surface area contributed by atoms with E-state index in [9.17, 15) is 13.2 Å². The highest BCUT2D eigenvalue weighted by Crippen LogP contribution is 2.20. The Hall–Kier alpha value is -0.660. The minimum Gasteiger partial charge on any atom is -0.356 e. The van der Waals surface area contributed by atoms with Crippen LogP contribution in [-0.2, 0) is 15.0 Å². The zero-order valence-electron chi connectivity index (χ0n) is 10.6. The van der Waals surface area contributed by atoms with Crippen molar-refractivity contribution < 1.29 is 13.2 Å². The third-order valence-corrected chi connectivity index (χ3v) is 4.80. The van der Waals surface area contributed by atoms with Gasteiger partial charge in [0.25, 0.3) is 10.2 Å². The van der Waals surface area contributed by atoms with Crippen LogP contribution in [0, 0.1) is 5.92 Å². The number of nitrogens with one attached hydrogen (secondary N) is 1. The number of piperidine rings is 1. The molecular formula is C10H21N3O3S. The number of rotatable bonds is 4. The molecule has 7 heteroatoms. The van der Waals surface area contributed by atoms with Crippen LogP contribution in [0.3, 0.4) is 0 Å². The minimum atomic E-state index is -3.39. The van der Waals surface area contributed by atoms with Crippen LogP contribution in [0.15, 0.2) is 0 Å². The third-order valence-electron chi connectivity index (χ3n) is 2.89. The molecule has 1 amide bonds. The van der Waals surface area contributed by atoms with Crippen LogP contribution in [-0.4, -0.2) is 56.7 Å². The maximum Gasteiger partial charge on any atom is 0.281 e. The Morgan fingerprint density at radius 3 is 2.65 bits per heavy atom. The van der Waals surface area contributed by atoms with Crippen LogP contribution in [0.1, 0.15) is 19.8 Å². The summed E-state index contributed by atoms with van der Waals surface area (Å²) in [6.45, 7) is 3.22. The van der Waals surface area contributed by atoms with Crippen molar-refractivity contribution in [1.82, 2.24) is 13.9 Å². The van der Waals surface area contributed by atoms with E-state index in [0.29, 0.717) is 13.1 Å². The summed E-state index contributed by atoms with van der Waals surface area (Å²) in [6, 6.07) is 0. The molecule has 0 radical (unpaired) electrons. The second-order valence-corrected chi connectivity index (χ2v) is 6.52. The maximum absolute atomic E-state index is 11.9. The Bertz CT molecular complexity index is 367. The molecule has 1 N–H and O–H groups in total. The number of amides is 1. The summed E-state index contributed by atoms with van der Waals surface area (Å²) in [5, 5.41) is 2.74. The fourth-order valence-corrected chi connectivity index (χ4v) is 3.11. The summed E-state index contributed by atoms with van der Waals surface area (Å²) in [7, 11) is -0.385. The topological polar surface area (TPSA) is 69.7 Å². The van der Waals surface area contributed by atoms with Crippen LogP contribution in [0.4, 0.5) is 0 Å². The van der Waals surface area contributed by atoms with Gasteiger partial charge >= 0.3 is 0 Å². The van der Waals surface area contributed by atoms with Crippen molar-refractivity contribution in [3.8, 4) is 0 Å². The van der Waals surface area contributed by atoms with Gasteiger partial charge in [-0.05, 0) is 19.8 Å². The molecule has 0 bridgehead atoms. The van der Waals surface area contributed by atoms with E-state index in [1.165, 1.54) is 22.7 Å². The zero-order chi connectivity index (χ0) is 13.1.